The maximum atomic E-state index is 12.2. The number of amides is 1. The van der Waals surface area contributed by atoms with E-state index in [0.29, 0.717) is 56.4 Å². The molecule has 4 rings (SSSR count). The molecule has 2 aliphatic rings. The molecule has 2 fully saturated rings. The molecule has 9 nitrogen and oxygen atoms in total. The van der Waals surface area contributed by atoms with Crippen LogP contribution in [0.3, 0.4) is 0 Å². The topological polar surface area (TPSA) is 110 Å². The molecule has 0 spiro atoms. The highest BCUT2D eigenvalue weighted by atomic mass is 32.2. The van der Waals surface area contributed by atoms with Crippen LogP contribution in [0.25, 0.3) is 0 Å². The number of nitrogens with zero attached hydrogens (tertiary/aromatic N) is 5. The van der Waals surface area contributed by atoms with Crippen molar-refractivity contribution in [2.75, 3.05) is 32.4 Å². The van der Waals surface area contributed by atoms with E-state index >= 15 is 0 Å². The van der Waals surface area contributed by atoms with Gasteiger partial charge in [0.05, 0.1) is 17.7 Å². The molecule has 2 aromatic heterocycles. The third-order valence-electron chi connectivity index (χ3n) is 4.91. The van der Waals surface area contributed by atoms with Gasteiger partial charge in [-0.05, 0) is 12.8 Å². The van der Waals surface area contributed by atoms with Crippen LogP contribution in [0, 0.1) is 0 Å². The molecule has 0 bridgehead atoms. The fraction of sp³-hybridized carbons (Fsp3) is 0.600. The average Bonchev–Trinajstić information content (AvgIpc) is 3.25. The number of piperidine rings is 1. The van der Waals surface area contributed by atoms with E-state index in [-0.39, 0.29) is 17.7 Å². The average molecular weight is 397 g/mol. The van der Waals surface area contributed by atoms with Gasteiger partial charge < -0.3 is 9.42 Å². The Balaban J connectivity index is 1.33. The molecule has 0 N–H and O–H groups in total. The quantitative estimate of drug-likeness (QED) is 0.754. The number of carbonyl (C=O) groups excluding carboxylic acids is 1. The molecule has 2 saturated heterocycles. The number of carbonyl (C=O) groups is 1. The molecule has 1 amide bonds. The second-order valence-corrected chi connectivity index (χ2v) is 9.41. The van der Waals surface area contributed by atoms with Crippen molar-refractivity contribution in [3.8, 4) is 0 Å². The molecule has 140 valence electrons. The van der Waals surface area contributed by atoms with Crippen LogP contribution >= 0.6 is 11.3 Å². The van der Waals surface area contributed by atoms with Gasteiger partial charge in [0.15, 0.2) is 5.82 Å². The first-order valence-corrected chi connectivity index (χ1v) is 11.2. The molecule has 0 aromatic carbocycles. The molecule has 2 aliphatic heterocycles. The second kappa shape index (κ2) is 6.71. The third kappa shape index (κ3) is 3.38. The van der Waals surface area contributed by atoms with E-state index in [0.717, 1.165) is 0 Å². The van der Waals surface area contributed by atoms with Crippen molar-refractivity contribution < 1.29 is 17.7 Å². The van der Waals surface area contributed by atoms with Gasteiger partial charge in [0.1, 0.15) is 5.69 Å². The zero-order valence-electron chi connectivity index (χ0n) is 14.2. The lowest BCUT2D eigenvalue weighted by molar-refractivity contribution is 0.0564. The molecule has 2 aromatic rings. The Morgan fingerprint density at radius 2 is 2.00 bits per heavy atom. The zero-order chi connectivity index (χ0) is 18.3. The molecule has 0 saturated carbocycles. The molecular weight excluding hydrogens is 378 g/mol. The predicted octanol–water partition coefficient (Wildman–Crippen LogP) is 0.905. The Hall–Kier alpha value is -1.85. The van der Waals surface area contributed by atoms with E-state index in [1.54, 1.807) is 15.8 Å². The molecule has 0 atom stereocenters. The van der Waals surface area contributed by atoms with Crippen LogP contribution in [0.4, 0.5) is 0 Å². The van der Waals surface area contributed by atoms with Crippen LogP contribution in [0.5, 0.6) is 0 Å². The fourth-order valence-corrected chi connectivity index (χ4v) is 4.71. The van der Waals surface area contributed by atoms with E-state index < -0.39 is 10.0 Å². The highest BCUT2D eigenvalue weighted by Gasteiger charge is 2.37. The second-order valence-electron chi connectivity index (χ2n) is 6.71. The van der Waals surface area contributed by atoms with Gasteiger partial charge in [0, 0.05) is 37.5 Å². The van der Waals surface area contributed by atoms with Crippen molar-refractivity contribution in [2.24, 2.45) is 0 Å². The minimum absolute atomic E-state index is 0.0509. The number of rotatable bonds is 4. The fourth-order valence-electron chi connectivity index (χ4n) is 3.31. The highest BCUT2D eigenvalue weighted by molar-refractivity contribution is 7.88. The van der Waals surface area contributed by atoms with Crippen molar-refractivity contribution >= 4 is 27.3 Å². The Morgan fingerprint density at radius 3 is 2.62 bits per heavy atom. The minimum Gasteiger partial charge on any atom is -0.339 e. The van der Waals surface area contributed by atoms with Gasteiger partial charge in [-0.1, -0.05) is 5.16 Å². The van der Waals surface area contributed by atoms with Gasteiger partial charge in [0.25, 0.3) is 5.91 Å². The lowest BCUT2D eigenvalue weighted by Crippen LogP contribution is -2.48. The van der Waals surface area contributed by atoms with Gasteiger partial charge in [-0.25, -0.2) is 17.7 Å². The van der Waals surface area contributed by atoms with Crippen LogP contribution in [-0.2, 0) is 10.0 Å². The molecule has 4 heterocycles. The van der Waals surface area contributed by atoms with Crippen LogP contribution in [0.1, 0.15) is 46.9 Å². The lowest BCUT2D eigenvalue weighted by Gasteiger charge is -2.36. The molecule has 0 radical (unpaired) electrons. The maximum Gasteiger partial charge on any atom is 0.273 e. The van der Waals surface area contributed by atoms with Gasteiger partial charge in [-0.15, -0.1) is 11.3 Å². The van der Waals surface area contributed by atoms with E-state index in [1.807, 2.05) is 0 Å². The highest BCUT2D eigenvalue weighted by Crippen LogP contribution is 2.31. The van der Waals surface area contributed by atoms with Crippen LogP contribution in [0.15, 0.2) is 15.4 Å². The largest absolute Gasteiger partial charge is 0.339 e. The first-order chi connectivity index (χ1) is 12.4. The predicted molar refractivity (Wildman–Crippen MR) is 93.4 cm³/mol. The molecule has 0 unspecified atom stereocenters. The zero-order valence-corrected chi connectivity index (χ0v) is 15.9. The van der Waals surface area contributed by atoms with Gasteiger partial charge >= 0.3 is 0 Å². The third-order valence-corrected chi connectivity index (χ3v) is 6.80. The summed E-state index contributed by atoms with van der Waals surface area (Å²) in [6.07, 6.45) is 2.60. The molecule has 0 aliphatic carbocycles. The van der Waals surface area contributed by atoms with E-state index in [9.17, 15) is 13.2 Å². The normalized spacial score (nSPS) is 20.3. The van der Waals surface area contributed by atoms with Gasteiger partial charge in [-0.3, -0.25) is 4.79 Å². The molecule has 11 heteroatoms. The SMILES string of the molecule is CS(=O)(=O)N1CCC(c2noc(C3CN(C(=O)c4cscn4)C3)n2)CC1. The van der Waals surface area contributed by atoms with Gasteiger partial charge in [-0.2, -0.15) is 4.98 Å². The Kier molecular flexibility index (Phi) is 4.53. The van der Waals surface area contributed by atoms with Crippen molar-refractivity contribution in [3.63, 3.8) is 0 Å². The first-order valence-electron chi connectivity index (χ1n) is 8.38. The van der Waals surface area contributed by atoms with E-state index in [4.69, 9.17) is 4.52 Å². The summed E-state index contributed by atoms with van der Waals surface area (Å²) in [5.74, 6) is 1.27. The van der Waals surface area contributed by atoms with E-state index in [2.05, 4.69) is 15.1 Å². The number of thiazole rings is 1. The Morgan fingerprint density at radius 1 is 1.27 bits per heavy atom. The number of likely N-dealkylation sites (tertiary alicyclic amines) is 1. The number of aromatic nitrogens is 3. The smallest absolute Gasteiger partial charge is 0.273 e. The Bertz CT molecular complexity index is 881. The summed E-state index contributed by atoms with van der Waals surface area (Å²) in [6, 6.07) is 0. The summed E-state index contributed by atoms with van der Waals surface area (Å²) in [4.78, 5) is 22.4. The summed E-state index contributed by atoms with van der Waals surface area (Å²) in [5, 5.41) is 5.82. The number of hydrogen-bond donors (Lipinski definition) is 0. The van der Waals surface area contributed by atoms with Crippen molar-refractivity contribution in [2.45, 2.75) is 24.7 Å². The van der Waals surface area contributed by atoms with Crippen molar-refractivity contribution in [3.05, 3.63) is 28.3 Å². The monoisotopic (exact) mass is 397 g/mol. The molecule has 26 heavy (non-hydrogen) atoms. The summed E-state index contributed by atoms with van der Waals surface area (Å²) in [7, 11) is -3.14. The van der Waals surface area contributed by atoms with Crippen molar-refractivity contribution in [1.82, 2.24) is 24.3 Å². The summed E-state index contributed by atoms with van der Waals surface area (Å²) >= 11 is 1.40. The lowest BCUT2D eigenvalue weighted by atomic mass is 9.97. The van der Waals surface area contributed by atoms with Crippen LogP contribution in [0.2, 0.25) is 0 Å². The Labute approximate surface area is 155 Å². The van der Waals surface area contributed by atoms with Gasteiger partial charge in [0.2, 0.25) is 15.9 Å². The first kappa shape index (κ1) is 17.6. The summed E-state index contributed by atoms with van der Waals surface area (Å²) in [5.41, 5.74) is 2.11. The van der Waals surface area contributed by atoms with E-state index in [1.165, 1.54) is 21.9 Å². The molecular formula is C15H19N5O4S2. The summed E-state index contributed by atoms with van der Waals surface area (Å²) < 4.78 is 30.0. The number of sulfonamides is 1. The number of hydrogen-bond acceptors (Lipinski definition) is 8. The minimum atomic E-state index is -3.14. The standard InChI is InChI=1S/C15H19N5O4S2/c1-26(22,23)20-4-2-10(3-5-20)13-17-14(24-18-13)11-6-19(7-11)15(21)12-8-25-9-16-12/h8-11H,2-7H2,1H3. The van der Waals surface area contributed by atoms with Crippen LogP contribution < -0.4 is 0 Å². The van der Waals surface area contributed by atoms with Crippen molar-refractivity contribution in [1.29, 1.82) is 0 Å². The van der Waals surface area contributed by atoms with Crippen LogP contribution in [-0.4, -0.2) is 71.1 Å². The summed E-state index contributed by atoms with van der Waals surface area (Å²) in [6.45, 7) is 2.05. The maximum absolute atomic E-state index is 12.2.